The molecule has 0 bridgehead atoms. The van der Waals surface area contributed by atoms with Gasteiger partial charge in [0.1, 0.15) is 0 Å². The van der Waals surface area contributed by atoms with Crippen LogP contribution in [-0.4, -0.2) is 0 Å². The van der Waals surface area contributed by atoms with Gasteiger partial charge in [0.05, 0.1) is 0 Å². The van der Waals surface area contributed by atoms with Crippen LogP contribution in [0.4, 0.5) is 0 Å². The third kappa shape index (κ3) is 3.12. The highest BCUT2D eigenvalue weighted by Crippen LogP contribution is 2.04. The van der Waals surface area contributed by atoms with E-state index >= 15 is 0 Å². The maximum atomic E-state index is 3.25. The molecule has 0 saturated heterocycles. The van der Waals surface area contributed by atoms with E-state index in [0.29, 0.717) is 0 Å². The van der Waals surface area contributed by atoms with Crippen molar-refractivity contribution in [3.05, 3.63) is 24.3 Å². The lowest BCUT2D eigenvalue weighted by Crippen LogP contribution is -1.69. The van der Waals surface area contributed by atoms with E-state index in [-0.39, 0.29) is 0 Å². The fraction of sp³-hybridized carbons (Fsp3) is 0.556. The van der Waals surface area contributed by atoms with Gasteiger partial charge in [-0.2, -0.15) is 0 Å². The highest BCUT2D eigenvalue weighted by Gasteiger charge is 1.85. The van der Waals surface area contributed by atoms with Crippen molar-refractivity contribution < 1.29 is 0 Å². The van der Waals surface area contributed by atoms with Gasteiger partial charge in [0.2, 0.25) is 0 Å². The van der Waals surface area contributed by atoms with Crippen molar-refractivity contribution in [3.8, 4) is 0 Å². The Balaban J connectivity index is 2.28. The van der Waals surface area contributed by atoms with Crippen molar-refractivity contribution >= 4 is 0 Å². The Morgan fingerprint density at radius 1 is 1.11 bits per heavy atom. The summed E-state index contributed by atoms with van der Waals surface area (Å²) in [5.74, 6) is 0. The molecule has 0 unspecified atom stereocenters. The summed E-state index contributed by atoms with van der Waals surface area (Å²) in [5.41, 5.74) is 0. The normalized spacial score (nSPS) is 27.6. The minimum atomic E-state index is 1.08. The number of rotatable bonds is 0. The molecule has 0 spiro atoms. The summed E-state index contributed by atoms with van der Waals surface area (Å²) in [5, 5.41) is 0. The molecule has 1 radical (unpaired) electrons. The molecule has 0 atom stereocenters. The quantitative estimate of drug-likeness (QED) is 0.432. The standard InChI is InChI=1S/C9H13/c1-2-4-6-8-9-7-5-3-1/h1-2,5H,3-4,6,8-9H2/b2-1-,7-5?. The van der Waals surface area contributed by atoms with E-state index in [2.05, 4.69) is 24.3 Å². The SMILES string of the molecule is [C]1=C\C/C=C\CCCC/1. The number of allylic oxidation sites excluding steroid dienone is 4. The Bertz CT molecular complexity index is 95.2. The van der Waals surface area contributed by atoms with Gasteiger partial charge in [-0.05, 0) is 38.2 Å². The van der Waals surface area contributed by atoms with Gasteiger partial charge in [0.25, 0.3) is 0 Å². The first-order valence-electron chi connectivity index (χ1n) is 3.70. The van der Waals surface area contributed by atoms with Crippen LogP contribution in [0.15, 0.2) is 18.2 Å². The van der Waals surface area contributed by atoms with Gasteiger partial charge in [-0.15, -0.1) is 0 Å². The van der Waals surface area contributed by atoms with E-state index < -0.39 is 0 Å². The minimum absolute atomic E-state index is 1.08. The Morgan fingerprint density at radius 3 is 3.11 bits per heavy atom. The fourth-order valence-electron chi connectivity index (χ4n) is 0.957. The molecule has 0 aromatic heterocycles. The first-order valence-corrected chi connectivity index (χ1v) is 3.70. The molecule has 1 aliphatic carbocycles. The van der Waals surface area contributed by atoms with Crippen molar-refractivity contribution in [3.63, 3.8) is 0 Å². The molecule has 0 aromatic rings. The predicted molar refractivity (Wildman–Crippen MR) is 40.0 cm³/mol. The minimum Gasteiger partial charge on any atom is -0.0882 e. The summed E-state index contributed by atoms with van der Waals surface area (Å²) < 4.78 is 0. The molecule has 1 aliphatic rings. The van der Waals surface area contributed by atoms with Crippen LogP contribution in [0.25, 0.3) is 0 Å². The topological polar surface area (TPSA) is 0 Å². The second-order valence-corrected chi connectivity index (χ2v) is 2.36. The molecule has 0 nitrogen and oxygen atoms in total. The zero-order valence-corrected chi connectivity index (χ0v) is 5.77. The molecule has 0 amide bonds. The van der Waals surface area contributed by atoms with E-state index in [4.69, 9.17) is 0 Å². The van der Waals surface area contributed by atoms with E-state index in [1.165, 1.54) is 19.3 Å². The predicted octanol–water partition coefficient (Wildman–Crippen LogP) is 2.87. The Hall–Kier alpha value is -0.520. The molecule has 0 aliphatic heterocycles. The Morgan fingerprint density at radius 2 is 2.11 bits per heavy atom. The highest BCUT2D eigenvalue weighted by atomic mass is 13.9. The van der Waals surface area contributed by atoms with E-state index in [1.807, 2.05) is 0 Å². The van der Waals surface area contributed by atoms with Gasteiger partial charge in [0.15, 0.2) is 0 Å². The van der Waals surface area contributed by atoms with Gasteiger partial charge in [-0.1, -0.05) is 18.2 Å². The molecule has 9 heavy (non-hydrogen) atoms. The van der Waals surface area contributed by atoms with Crippen molar-refractivity contribution in [1.82, 2.24) is 0 Å². The fourth-order valence-corrected chi connectivity index (χ4v) is 0.957. The lowest BCUT2D eigenvalue weighted by molar-refractivity contribution is 0.756. The van der Waals surface area contributed by atoms with Gasteiger partial charge >= 0.3 is 0 Å². The zero-order chi connectivity index (χ0) is 6.36. The van der Waals surface area contributed by atoms with Gasteiger partial charge in [-0.3, -0.25) is 0 Å². The van der Waals surface area contributed by atoms with Crippen LogP contribution in [0.5, 0.6) is 0 Å². The monoisotopic (exact) mass is 121 g/mol. The lowest BCUT2D eigenvalue weighted by Gasteiger charge is -1.88. The molecule has 0 aromatic carbocycles. The molecular weight excluding hydrogens is 108 g/mol. The lowest BCUT2D eigenvalue weighted by atomic mass is 10.2. The average molecular weight is 121 g/mol. The van der Waals surface area contributed by atoms with Crippen LogP contribution in [0.2, 0.25) is 0 Å². The number of hydrogen-bond acceptors (Lipinski definition) is 0. The van der Waals surface area contributed by atoms with Crippen LogP contribution in [0.3, 0.4) is 0 Å². The van der Waals surface area contributed by atoms with E-state index in [9.17, 15) is 0 Å². The first-order chi connectivity index (χ1) is 4.50. The molecule has 0 heteroatoms. The highest BCUT2D eigenvalue weighted by molar-refractivity contribution is 4.91. The first kappa shape index (κ1) is 6.60. The Labute approximate surface area is 57.3 Å². The molecule has 0 fully saturated rings. The van der Waals surface area contributed by atoms with Crippen LogP contribution in [-0.2, 0) is 0 Å². The van der Waals surface area contributed by atoms with Crippen molar-refractivity contribution in [2.24, 2.45) is 0 Å². The average Bonchev–Trinajstić information content (AvgIpc) is 2.00. The maximum Gasteiger partial charge on any atom is -0.0163 e. The van der Waals surface area contributed by atoms with Crippen molar-refractivity contribution in [2.75, 3.05) is 0 Å². The molecule has 49 valence electrons. The van der Waals surface area contributed by atoms with Crippen LogP contribution in [0.1, 0.15) is 32.1 Å². The smallest absolute Gasteiger partial charge is 0.0163 e. The van der Waals surface area contributed by atoms with Crippen LogP contribution in [0, 0.1) is 6.08 Å². The third-order valence-electron chi connectivity index (χ3n) is 1.51. The number of hydrogen-bond donors (Lipinski definition) is 0. The second-order valence-electron chi connectivity index (χ2n) is 2.36. The largest absolute Gasteiger partial charge is 0.0882 e. The molecular formula is C9H13. The molecule has 0 heterocycles. The third-order valence-corrected chi connectivity index (χ3v) is 1.51. The molecule has 1 rings (SSSR count). The van der Waals surface area contributed by atoms with Gasteiger partial charge < -0.3 is 0 Å². The summed E-state index contributed by atoms with van der Waals surface area (Å²) in [7, 11) is 0. The van der Waals surface area contributed by atoms with Crippen LogP contribution >= 0.6 is 0 Å². The summed E-state index contributed by atoms with van der Waals surface area (Å²) in [6, 6.07) is 0. The maximum absolute atomic E-state index is 3.25. The molecule has 0 N–H and O–H groups in total. The zero-order valence-electron chi connectivity index (χ0n) is 5.77. The summed E-state index contributed by atoms with van der Waals surface area (Å²) in [6.07, 6.45) is 16.0. The van der Waals surface area contributed by atoms with Gasteiger partial charge in [-0.25, -0.2) is 0 Å². The van der Waals surface area contributed by atoms with Gasteiger partial charge in [0, 0.05) is 0 Å². The van der Waals surface area contributed by atoms with E-state index in [0.717, 1.165) is 12.8 Å². The second kappa shape index (κ2) is 4.37. The summed E-state index contributed by atoms with van der Waals surface area (Å²) in [6.45, 7) is 0. The van der Waals surface area contributed by atoms with Crippen molar-refractivity contribution in [2.45, 2.75) is 32.1 Å². The van der Waals surface area contributed by atoms with Crippen molar-refractivity contribution in [1.29, 1.82) is 0 Å². The van der Waals surface area contributed by atoms with Crippen LogP contribution < -0.4 is 0 Å². The molecule has 0 saturated carbocycles. The summed E-state index contributed by atoms with van der Waals surface area (Å²) in [4.78, 5) is 0. The Kier molecular flexibility index (Phi) is 3.20. The summed E-state index contributed by atoms with van der Waals surface area (Å²) >= 11 is 0. The van der Waals surface area contributed by atoms with E-state index in [1.54, 1.807) is 0 Å².